The minimum absolute atomic E-state index is 0.0865. The Kier molecular flexibility index (Phi) is 3.45. The van der Waals surface area contributed by atoms with Gasteiger partial charge in [0.25, 0.3) is 0 Å². The van der Waals surface area contributed by atoms with E-state index in [4.69, 9.17) is 0 Å². The van der Waals surface area contributed by atoms with Crippen LogP contribution in [0.1, 0.15) is 51.9 Å². The molecular weight excluding hydrogens is 174 g/mol. The van der Waals surface area contributed by atoms with Crippen LogP contribution < -0.4 is 5.32 Å². The van der Waals surface area contributed by atoms with Crippen molar-refractivity contribution in [2.75, 3.05) is 0 Å². The third kappa shape index (κ3) is 2.29. The van der Waals surface area contributed by atoms with Crippen LogP contribution in [0.5, 0.6) is 0 Å². The number of aliphatic hydroxyl groups is 1. The first-order chi connectivity index (χ1) is 6.77. The molecule has 2 aliphatic rings. The molecule has 0 aromatic heterocycles. The highest BCUT2D eigenvalue weighted by atomic mass is 16.3. The van der Waals surface area contributed by atoms with E-state index in [1.54, 1.807) is 0 Å². The number of aliphatic hydroxyl groups excluding tert-OH is 1. The van der Waals surface area contributed by atoms with Gasteiger partial charge in [0.1, 0.15) is 0 Å². The molecule has 0 unspecified atom stereocenters. The lowest BCUT2D eigenvalue weighted by Crippen LogP contribution is -2.47. The lowest BCUT2D eigenvalue weighted by atomic mass is 9.91. The Morgan fingerprint density at radius 1 is 0.929 bits per heavy atom. The van der Waals surface area contributed by atoms with E-state index in [2.05, 4.69) is 12.2 Å². The zero-order valence-electron chi connectivity index (χ0n) is 9.21. The van der Waals surface area contributed by atoms with Gasteiger partial charge < -0.3 is 10.4 Å². The molecule has 0 saturated heterocycles. The Morgan fingerprint density at radius 2 is 1.64 bits per heavy atom. The zero-order valence-corrected chi connectivity index (χ0v) is 9.21. The smallest absolute Gasteiger partial charge is 0.0693 e. The van der Waals surface area contributed by atoms with Crippen LogP contribution in [0.15, 0.2) is 0 Å². The number of hydrogen-bond acceptors (Lipinski definition) is 2. The lowest BCUT2D eigenvalue weighted by Gasteiger charge is -2.32. The van der Waals surface area contributed by atoms with Gasteiger partial charge in [-0.3, -0.25) is 0 Å². The molecule has 82 valence electrons. The second kappa shape index (κ2) is 4.63. The van der Waals surface area contributed by atoms with Gasteiger partial charge in [-0.2, -0.15) is 0 Å². The molecule has 0 bridgehead atoms. The molecule has 2 nitrogen and oxygen atoms in total. The minimum atomic E-state index is -0.0865. The monoisotopic (exact) mass is 197 g/mol. The van der Waals surface area contributed by atoms with Crippen LogP contribution in [-0.2, 0) is 0 Å². The molecule has 0 heterocycles. The van der Waals surface area contributed by atoms with E-state index in [1.165, 1.54) is 38.5 Å². The third-order valence-electron chi connectivity index (χ3n) is 4.02. The SMILES string of the molecule is C[C@@H]1CCC[C@@H]1N[C@H]1CCCC[C@H]1O. The molecule has 0 aromatic carbocycles. The Balaban J connectivity index is 1.83. The molecule has 2 aliphatic carbocycles. The van der Waals surface area contributed by atoms with Crippen LogP contribution in [0, 0.1) is 5.92 Å². The zero-order chi connectivity index (χ0) is 9.97. The minimum Gasteiger partial charge on any atom is -0.392 e. The van der Waals surface area contributed by atoms with Gasteiger partial charge >= 0.3 is 0 Å². The molecule has 4 atom stereocenters. The summed E-state index contributed by atoms with van der Waals surface area (Å²) in [6.45, 7) is 2.33. The number of rotatable bonds is 2. The first kappa shape index (κ1) is 10.4. The number of nitrogens with one attached hydrogen (secondary N) is 1. The van der Waals surface area contributed by atoms with Gasteiger partial charge in [-0.15, -0.1) is 0 Å². The van der Waals surface area contributed by atoms with Crippen molar-refractivity contribution < 1.29 is 5.11 Å². The van der Waals surface area contributed by atoms with Crippen molar-refractivity contribution in [3.63, 3.8) is 0 Å². The van der Waals surface area contributed by atoms with E-state index in [9.17, 15) is 5.11 Å². The van der Waals surface area contributed by atoms with Crippen molar-refractivity contribution in [1.29, 1.82) is 0 Å². The topological polar surface area (TPSA) is 32.3 Å². The van der Waals surface area contributed by atoms with Gasteiger partial charge in [0, 0.05) is 12.1 Å². The summed E-state index contributed by atoms with van der Waals surface area (Å²) in [5, 5.41) is 13.5. The Morgan fingerprint density at radius 3 is 2.29 bits per heavy atom. The summed E-state index contributed by atoms with van der Waals surface area (Å²) in [4.78, 5) is 0. The lowest BCUT2D eigenvalue weighted by molar-refractivity contribution is 0.0823. The van der Waals surface area contributed by atoms with Crippen LogP contribution in [0.3, 0.4) is 0 Å². The molecule has 2 saturated carbocycles. The van der Waals surface area contributed by atoms with Crippen LogP contribution in [-0.4, -0.2) is 23.3 Å². The van der Waals surface area contributed by atoms with Gasteiger partial charge in [0.05, 0.1) is 6.10 Å². The quantitative estimate of drug-likeness (QED) is 0.710. The summed E-state index contributed by atoms with van der Waals surface area (Å²) in [6, 6.07) is 1.06. The van der Waals surface area contributed by atoms with Crippen molar-refractivity contribution in [2.24, 2.45) is 5.92 Å². The average Bonchev–Trinajstić information content (AvgIpc) is 2.56. The van der Waals surface area contributed by atoms with Crippen molar-refractivity contribution >= 4 is 0 Å². The second-order valence-corrected chi connectivity index (χ2v) is 5.14. The van der Waals surface area contributed by atoms with Gasteiger partial charge in [-0.05, 0) is 31.6 Å². The normalized spacial score (nSPS) is 44.1. The third-order valence-corrected chi connectivity index (χ3v) is 4.02. The van der Waals surface area contributed by atoms with Gasteiger partial charge in [-0.25, -0.2) is 0 Å². The molecule has 2 N–H and O–H groups in total. The molecule has 0 spiro atoms. The van der Waals surface area contributed by atoms with Gasteiger partial charge in [0.2, 0.25) is 0 Å². The highest BCUT2D eigenvalue weighted by Crippen LogP contribution is 2.27. The summed E-state index contributed by atoms with van der Waals surface area (Å²) in [5.41, 5.74) is 0. The summed E-state index contributed by atoms with van der Waals surface area (Å²) in [6.07, 6.45) is 8.61. The van der Waals surface area contributed by atoms with Crippen LogP contribution in [0.2, 0.25) is 0 Å². The fourth-order valence-corrected chi connectivity index (χ4v) is 2.97. The molecule has 2 heteroatoms. The average molecular weight is 197 g/mol. The maximum Gasteiger partial charge on any atom is 0.0693 e. The maximum absolute atomic E-state index is 9.85. The molecule has 2 rings (SSSR count). The Bertz CT molecular complexity index is 183. The van der Waals surface area contributed by atoms with Crippen LogP contribution >= 0.6 is 0 Å². The fraction of sp³-hybridized carbons (Fsp3) is 1.00. The molecule has 2 fully saturated rings. The van der Waals surface area contributed by atoms with Crippen LogP contribution in [0.25, 0.3) is 0 Å². The van der Waals surface area contributed by atoms with Crippen molar-refractivity contribution in [3.8, 4) is 0 Å². The summed E-state index contributed by atoms with van der Waals surface area (Å²) in [5.74, 6) is 0.809. The van der Waals surface area contributed by atoms with E-state index < -0.39 is 0 Å². The highest BCUT2D eigenvalue weighted by molar-refractivity contribution is 4.88. The molecule has 0 aliphatic heterocycles. The molecular formula is C12H23NO. The molecule has 0 aromatic rings. The Hall–Kier alpha value is -0.0800. The van der Waals surface area contributed by atoms with E-state index in [0.29, 0.717) is 12.1 Å². The fourth-order valence-electron chi connectivity index (χ4n) is 2.97. The maximum atomic E-state index is 9.85. The predicted molar refractivity (Wildman–Crippen MR) is 58.2 cm³/mol. The van der Waals surface area contributed by atoms with Crippen molar-refractivity contribution in [1.82, 2.24) is 5.32 Å². The van der Waals surface area contributed by atoms with E-state index in [1.807, 2.05) is 0 Å². The summed E-state index contributed by atoms with van der Waals surface area (Å²) >= 11 is 0. The van der Waals surface area contributed by atoms with Crippen molar-refractivity contribution in [3.05, 3.63) is 0 Å². The standard InChI is InChI=1S/C12H23NO/c1-9-5-4-7-10(9)13-11-6-2-3-8-12(11)14/h9-14H,2-8H2,1H3/t9-,10+,11+,12-/m1/s1. The van der Waals surface area contributed by atoms with Gasteiger partial charge in [-0.1, -0.05) is 26.2 Å². The largest absolute Gasteiger partial charge is 0.392 e. The van der Waals surface area contributed by atoms with E-state index in [-0.39, 0.29) is 6.10 Å². The molecule has 14 heavy (non-hydrogen) atoms. The molecule has 0 amide bonds. The predicted octanol–water partition coefficient (Wildman–Crippen LogP) is 2.07. The van der Waals surface area contributed by atoms with E-state index >= 15 is 0 Å². The Labute approximate surface area is 87.1 Å². The summed E-state index contributed by atoms with van der Waals surface area (Å²) in [7, 11) is 0. The summed E-state index contributed by atoms with van der Waals surface area (Å²) < 4.78 is 0. The van der Waals surface area contributed by atoms with Crippen molar-refractivity contribution in [2.45, 2.75) is 70.1 Å². The second-order valence-electron chi connectivity index (χ2n) is 5.14. The highest BCUT2D eigenvalue weighted by Gasteiger charge is 2.29. The molecule has 0 radical (unpaired) electrons. The number of hydrogen-bond donors (Lipinski definition) is 2. The van der Waals surface area contributed by atoms with Crippen LogP contribution in [0.4, 0.5) is 0 Å². The first-order valence-electron chi connectivity index (χ1n) is 6.21. The van der Waals surface area contributed by atoms with Gasteiger partial charge in [0.15, 0.2) is 0 Å². The first-order valence-corrected chi connectivity index (χ1v) is 6.21. The van der Waals surface area contributed by atoms with E-state index in [0.717, 1.165) is 12.3 Å².